The molecule has 5 nitrogen and oxygen atoms in total. The van der Waals surface area contributed by atoms with Crippen molar-refractivity contribution in [1.29, 1.82) is 0 Å². The van der Waals surface area contributed by atoms with E-state index in [2.05, 4.69) is 15.5 Å². The Morgan fingerprint density at radius 2 is 2.05 bits per heavy atom. The highest BCUT2D eigenvalue weighted by molar-refractivity contribution is 5.73. The van der Waals surface area contributed by atoms with E-state index in [-0.39, 0.29) is 0 Å². The molecule has 0 bridgehead atoms. The molecule has 1 heterocycles. The third-order valence-electron chi connectivity index (χ3n) is 4.25. The van der Waals surface area contributed by atoms with Crippen molar-refractivity contribution in [2.75, 3.05) is 5.73 Å². The summed E-state index contributed by atoms with van der Waals surface area (Å²) in [5.74, 6) is 1.48. The molecular formula is C15H21N5. The summed E-state index contributed by atoms with van der Waals surface area (Å²) in [4.78, 5) is 0. The van der Waals surface area contributed by atoms with Crippen molar-refractivity contribution in [2.45, 2.75) is 45.6 Å². The van der Waals surface area contributed by atoms with Crippen LogP contribution in [0.4, 0.5) is 5.69 Å². The summed E-state index contributed by atoms with van der Waals surface area (Å²) in [6, 6.07) is 6.00. The molecule has 1 aromatic heterocycles. The van der Waals surface area contributed by atoms with Crippen LogP contribution in [0.25, 0.3) is 11.4 Å². The molecule has 2 aromatic rings. The Kier molecular flexibility index (Phi) is 3.67. The highest BCUT2D eigenvalue weighted by Crippen LogP contribution is 2.29. The van der Waals surface area contributed by atoms with Gasteiger partial charge in [0.05, 0.1) is 0 Å². The number of nitrogens with two attached hydrogens (primary N) is 1. The molecule has 0 aliphatic heterocycles. The minimum absolute atomic E-state index is 0.692. The SMILES string of the molecule is Cc1cccc(-c2nnnn2CC2CCCCC2)c1N. The van der Waals surface area contributed by atoms with Crippen LogP contribution in [0, 0.1) is 12.8 Å². The van der Waals surface area contributed by atoms with Gasteiger partial charge >= 0.3 is 0 Å². The number of benzene rings is 1. The van der Waals surface area contributed by atoms with Gasteiger partial charge in [-0.2, -0.15) is 0 Å². The quantitative estimate of drug-likeness (QED) is 0.871. The minimum Gasteiger partial charge on any atom is -0.398 e. The minimum atomic E-state index is 0.692. The highest BCUT2D eigenvalue weighted by Gasteiger charge is 2.18. The maximum atomic E-state index is 6.17. The summed E-state index contributed by atoms with van der Waals surface area (Å²) in [5.41, 5.74) is 8.94. The molecule has 1 aliphatic carbocycles. The van der Waals surface area contributed by atoms with E-state index in [1.165, 1.54) is 32.1 Å². The largest absolute Gasteiger partial charge is 0.398 e. The second-order valence-corrected chi connectivity index (χ2v) is 5.72. The first-order valence-corrected chi connectivity index (χ1v) is 7.37. The van der Waals surface area contributed by atoms with Gasteiger partial charge in [-0.3, -0.25) is 0 Å². The molecule has 0 saturated heterocycles. The Hall–Kier alpha value is -1.91. The zero-order chi connectivity index (χ0) is 13.9. The van der Waals surface area contributed by atoms with Crippen LogP contribution in [0.2, 0.25) is 0 Å². The second kappa shape index (κ2) is 5.61. The van der Waals surface area contributed by atoms with Crippen LogP contribution < -0.4 is 5.73 Å². The smallest absolute Gasteiger partial charge is 0.184 e. The van der Waals surface area contributed by atoms with Crippen molar-refractivity contribution in [3.05, 3.63) is 23.8 Å². The molecule has 5 heteroatoms. The Labute approximate surface area is 119 Å². The third kappa shape index (κ3) is 2.53. The zero-order valence-corrected chi connectivity index (χ0v) is 11.9. The van der Waals surface area contributed by atoms with E-state index >= 15 is 0 Å². The summed E-state index contributed by atoms with van der Waals surface area (Å²) in [6.07, 6.45) is 6.58. The molecule has 1 saturated carbocycles. The summed E-state index contributed by atoms with van der Waals surface area (Å²) < 4.78 is 1.92. The lowest BCUT2D eigenvalue weighted by molar-refractivity contribution is 0.307. The van der Waals surface area contributed by atoms with Crippen molar-refractivity contribution in [2.24, 2.45) is 5.92 Å². The number of hydrogen-bond acceptors (Lipinski definition) is 4. The molecular weight excluding hydrogens is 250 g/mol. The normalized spacial score (nSPS) is 16.4. The highest BCUT2D eigenvalue weighted by atomic mass is 15.5. The first kappa shape index (κ1) is 13.1. The van der Waals surface area contributed by atoms with Gasteiger partial charge in [0, 0.05) is 17.8 Å². The van der Waals surface area contributed by atoms with Gasteiger partial charge in [0.25, 0.3) is 0 Å². The number of hydrogen-bond donors (Lipinski definition) is 1. The van der Waals surface area contributed by atoms with E-state index in [1.807, 2.05) is 29.8 Å². The monoisotopic (exact) mass is 271 g/mol. The number of aromatic nitrogens is 4. The molecule has 0 atom stereocenters. The lowest BCUT2D eigenvalue weighted by Crippen LogP contribution is -2.16. The third-order valence-corrected chi connectivity index (χ3v) is 4.25. The average Bonchev–Trinajstić information content (AvgIpc) is 2.91. The Morgan fingerprint density at radius 3 is 2.85 bits per heavy atom. The van der Waals surface area contributed by atoms with Gasteiger partial charge in [0.2, 0.25) is 0 Å². The van der Waals surface area contributed by atoms with Crippen LogP contribution >= 0.6 is 0 Å². The van der Waals surface area contributed by atoms with E-state index < -0.39 is 0 Å². The fourth-order valence-electron chi connectivity index (χ4n) is 3.01. The predicted molar refractivity (Wildman–Crippen MR) is 79.0 cm³/mol. The van der Waals surface area contributed by atoms with Gasteiger partial charge in [0.15, 0.2) is 5.82 Å². The van der Waals surface area contributed by atoms with Gasteiger partial charge in [0.1, 0.15) is 0 Å². The second-order valence-electron chi connectivity index (χ2n) is 5.72. The van der Waals surface area contributed by atoms with Crippen LogP contribution in [0.5, 0.6) is 0 Å². The summed E-state index contributed by atoms with van der Waals surface area (Å²) in [6.45, 7) is 2.91. The molecule has 0 unspecified atom stereocenters. The standard InChI is InChI=1S/C15H21N5/c1-11-6-5-9-13(14(11)16)15-17-18-19-20(15)10-12-7-3-2-4-8-12/h5-6,9,12H,2-4,7-8,10,16H2,1H3. The number of nitrogen functional groups attached to an aromatic ring is 1. The Bertz CT molecular complexity index is 584. The fraction of sp³-hybridized carbons (Fsp3) is 0.533. The lowest BCUT2D eigenvalue weighted by atomic mass is 9.89. The van der Waals surface area contributed by atoms with Crippen molar-refractivity contribution < 1.29 is 0 Å². The molecule has 1 aromatic carbocycles. The van der Waals surface area contributed by atoms with Crippen molar-refractivity contribution in [3.63, 3.8) is 0 Å². The van der Waals surface area contributed by atoms with E-state index in [0.717, 1.165) is 29.2 Å². The maximum Gasteiger partial charge on any atom is 0.184 e. The maximum absolute atomic E-state index is 6.17. The molecule has 1 aliphatic rings. The van der Waals surface area contributed by atoms with Crippen LogP contribution in [-0.2, 0) is 6.54 Å². The molecule has 0 amide bonds. The summed E-state index contributed by atoms with van der Waals surface area (Å²) >= 11 is 0. The number of para-hydroxylation sites is 1. The van der Waals surface area contributed by atoms with E-state index in [0.29, 0.717) is 5.92 Å². The van der Waals surface area contributed by atoms with Crippen LogP contribution in [-0.4, -0.2) is 20.2 Å². The molecule has 2 N–H and O–H groups in total. The van der Waals surface area contributed by atoms with Crippen molar-refractivity contribution in [1.82, 2.24) is 20.2 Å². The van der Waals surface area contributed by atoms with Crippen LogP contribution in [0.15, 0.2) is 18.2 Å². The average molecular weight is 271 g/mol. The fourth-order valence-corrected chi connectivity index (χ4v) is 3.01. The van der Waals surface area contributed by atoms with E-state index in [9.17, 15) is 0 Å². The Balaban J connectivity index is 1.87. The number of aryl methyl sites for hydroxylation is 1. The van der Waals surface area contributed by atoms with Gasteiger partial charge < -0.3 is 5.73 Å². The molecule has 0 spiro atoms. The van der Waals surface area contributed by atoms with Gasteiger partial charge in [-0.05, 0) is 47.7 Å². The van der Waals surface area contributed by atoms with Gasteiger partial charge in [-0.1, -0.05) is 31.4 Å². The lowest BCUT2D eigenvalue weighted by Gasteiger charge is -2.21. The Morgan fingerprint density at radius 1 is 1.25 bits per heavy atom. The summed E-state index contributed by atoms with van der Waals surface area (Å²) in [5, 5.41) is 12.2. The van der Waals surface area contributed by atoms with E-state index in [4.69, 9.17) is 5.73 Å². The van der Waals surface area contributed by atoms with Crippen molar-refractivity contribution in [3.8, 4) is 11.4 Å². The topological polar surface area (TPSA) is 69.6 Å². The number of anilines is 1. The molecule has 20 heavy (non-hydrogen) atoms. The molecule has 106 valence electrons. The van der Waals surface area contributed by atoms with E-state index in [1.54, 1.807) is 0 Å². The van der Waals surface area contributed by atoms with Crippen LogP contribution in [0.3, 0.4) is 0 Å². The molecule has 3 rings (SSSR count). The van der Waals surface area contributed by atoms with Crippen molar-refractivity contribution >= 4 is 5.69 Å². The molecule has 0 radical (unpaired) electrons. The van der Waals surface area contributed by atoms with Gasteiger partial charge in [-0.25, -0.2) is 4.68 Å². The first-order chi connectivity index (χ1) is 9.75. The number of tetrazole rings is 1. The number of nitrogens with zero attached hydrogens (tertiary/aromatic N) is 4. The van der Waals surface area contributed by atoms with Crippen LogP contribution in [0.1, 0.15) is 37.7 Å². The van der Waals surface area contributed by atoms with Gasteiger partial charge in [-0.15, -0.1) is 5.10 Å². The summed E-state index contributed by atoms with van der Waals surface area (Å²) in [7, 11) is 0. The molecule has 1 fully saturated rings. The predicted octanol–water partition coefficient (Wildman–Crippen LogP) is 2.81. The number of rotatable bonds is 3. The zero-order valence-electron chi connectivity index (χ0n) is 11.9. The first-order valence-electron chi connectivity index (χ1n) is 7.37.